The van der Waals surface area contributed by atoms with Crippen molar-refractivity contribution >= 4 is 23.5 Å². The highest BCUT2D eigenvalue weighted by Gasteiger charge is 2.53. The number of benzene rings is 1. The predicted octanol–water partition coefficient (Wildman–Crippen LogP) is 3.99. The average Bonchev–Trinajstić information content (AvgIpc) is 2.91. The van der Waals surface area contributed by atoms with E-state index in [0.717, 1.165) is 34.2 Å². The fraction of sp³-hybridized carbons (Fsp3) is 0.333. The Morgan fingerprint density at radius 3 is 2.46 bits per heavy atom. The van der Waals surface area contributed by atoms with Gasteiger partial charge in [-0.3, -0.25) is 4.98 Å². The first-order chi connectivity index (χ1) is 12.4. The molecule has 0 amide bonds. The van der Waals surface area contributed by atoms with Crippen LogP contribution in [0, 0.1) is 0 Å². The maximum Gasteiger partial charge on any atom is 0.494 e. The third-order valence-corrected chi connectivity index (χ3v) is 5.63. The maximum absolute atomic E-state index is 6.30. The molecule has 1 atom stereocenters. The predicted molar refractivity (Wildman–Crippen MR) is 105 cm³/mol. The number of pyridine rings is 2. The highest BCUT2D eigenvalue weighted by Crippen LogP contribution is 2.39. The highest BCUT2D eigenvalue weighted by molar-refractivity contribution is 6.62. The molecule has 2 aromatic heterocycles. The Morgan fingerprint density at radius 1 is 0.962 bits per heavy atom. The minimum Gasteiger partial charge on any atom is -0.399 e. The van der Waals surface area contributed by atoms with Crippen LogP contribution in [0.25, 0.3) is 22.3 Å². The normalized spacial score (nSPS) is 22.1. The molecule has 0 N–H and O–H groups in total. The molecule has 4 nitrogen and oxygen atoms in total. The molecule has 3 aromatic rings. The van der Waals surface area contributed by atoms with Crippen molar-refractivity contribution in [3.05, 3.63) is 54.7 Å². The second-order valence-electron chi connectivity index (χ2n) is 7.53. The summed E-state index contributed by atoms with van der Waals surface area (Å²) in [6, 6.07) is 16.1. The molecule has 3 heterocycles. The van der Waals surface area contributed by atoms with Gasteiger partial charge in [-0.1, -0.05) is 31.2 Å². The third-order valence-electron chi connectivity index (χ3n) is 5.63. The molecule has 26 heavy (non-hydrogen) atoms. The van der Waals surface area contributed by atoms with Gasteiger partial charge in [-0.25, -0.2) is 4.98 Å². The summed E-state index contributed by atoms with van der Waals surface area (Å²) >= 11 is 0. The van der Waals surface area contributed by atoms with Gasteiger partial charge in [-0.2, -0.15) is 0 Å². The van der Waals surface area contributed by atoms with Crippen molar-refractivity contribution in [1.29, 1.82) is 0 Å². The summed E-state index contributed by atoms with van der Waals surface area (Å²) in [5.41, 5.74) is 2.99. The molecule has 1 unspecified atom stereocenters. The van der Waals surface area contributed by atoms with Crippen molar-refractivity contribution in [3.8, 4) is 11.4 Å². The molecule has 0 spiro atoms. The minimum atomic E-state index is -0.375. The summed E-state index contributed by atoms with van der Waals surface area (Å²) < 4.78 is 12.5. The zero-order valence-corrected chi connectivity index (χ0v) is 15.7. The lowest BCUT2D eigenvalue weighted by Crippen LogP contribution is -2.44. The lowest BCUT2D eigenvalue weighted by Gasteiger charge is -2.35. The zero-order chi connectivity index (χ0) is 18.4. The van der Waals surface area contributed by atoms with E-state index in [0.29, 0.717) is 0 Å². The number of fused-ring (bicyclic) bond motifs is 1. The van der Waals surface area contributed by atoms with Gasteiger partial charge in [-0.05, 0) is 56.9 Å². The van der Waals surface area contributed by atoms with Gasteiger partial charge in [-0.15, -0.1) is 0 Å². The van der Waals surface area contributed by atoms with Crippen LogP contribution in [0.2, 0.25) is 0 Å². The molecule has 1 saturated heterocycles. The van der Waals surface area contributed by atoms with E-state index in [2.05, 4.69) is 56.9 Å². The Bertz CT molecular complexity index is 945. The first kappa shape index (κ1) is 17.2. The van der Waals surface area contributed by atoms with Crippen molar-refractivity contribution in [2.45, 2.75) is 45.3 Å². The number of hydrogen-bond donors (Lipinski definition) is 0. The Kier molecular flexibility index (Phi) is 4.09. The van der Waals surface area contributed by atoms with Crippen molar-refractivity contribution in [2.24, 2.45) is 0 Å². The Labute approximate surface area is 154 Å². The van der Waals surface area contributed by atoms with Crippen LogP contribution in [-0.2, 0) is 9.31 Å². The quantitative estimate of drug-likeness (QED) is 0.673. The molecular weight excluding hydrogens is 323 g/mol. The van der Waals surface area contributed by atoms with E-state index < -0.39 is 0 Å². The lowest BCUT2D eigenvalue weighted by atomic mass is 9.78. The fourth-order valence-electron chi connectivity index (χ4n) is 3.38. The second-order valence-corrected chi connectivity index (χ2v) is 7.53. The van der Waals surface area contributed by atoms with Crippen molar-refractivity contribution in [1.82, 2.24) is 9.97 Å². The molecule has 4 rings (SSSR count). The minimum absolute atomic E-state index is 0.310. The van der Waals surface area contributed by atoms with Crippen LogP contribution < -0.4 is 5.46 Å². The maximum atomic E-state index is 6.30. The van der Waals surface area contributed by atoms with E-state index in [-0.39, 0.29) is 18.3 Å². The van der Waals surface area contributed by atoms with Gasteiger partial charge in [0.25, 0.3) is 0 Å². The van der Waals surface area contributed by atoms with Crippen LogP contribution in [0.4, 0.5) is 0 Å². The number of rotatable bonds is 3. The average molecular weight is 346 g/mol. The molecule has 1 aliphatic heterocycles. The van der Waals surface area contributed by atoms with Gasteiger partial charge in [0.2, 0.25) is 0 Å². The van der Waals surface area contributed by atoms with E-state index in [1.165, 1.54) is 0 Å². The molecule has 132 valence electrons. The van der Waals surface area contributed by atoms with Crippen molar-refractivity contribution in [3.63, 3.8) is 0 Å². The van der Waals surface area contributed by atoms with Crippen LogP contribution in [0.3, 0.4) is 0 Å². The van der Waals surface area contributed by atoms with Crippen LogP contribution in [-0.4, -0.2) is 28.3 Å². The lowest BCUT2D eigenvalue weighted by molar-refractivity contribution is -0.0118. The van der Waals surface area contributed by atoms with Crippen molar-refractivity contribution in [2.75, 3.05) is 0 Å². The Morgan fingerprint density at radius 2 is 1.77 bits per heavy atom. The molecule has 0 bridgehead atoms. The Balaban J connectivity index is 1.72. The molecule has 1 aromatic carbocycles. The summed E-state index contributed by atoms with van der Waals surface area (Å²) in [5, 5.41) is 1.09. The SMILES string of the molecule is CCC1(C)OB(c2ccc3ccc(-c4ccccn4)nc3c2)OC1(C)C. The number of nitrogens with zero attached hydrogens (tertiary/aromatic N) is 2. The van der Waals surface area contributed by atoms with Gasteiger partial charge in [0, 0.05) is 11.6 Å². The summed E-state index contributed by atoms with van der Waals surface area (Å²) in [6.07, 6.45) is 2.68. The molecular formula is C21H23BN2O2. The van der Waals surface area contributed by atoms with Gasteiger partial charge >= 0.3 is 7.12 Å². The summed E-state index contributed by atoms with van der Waals surface area (Å²) in [5.74, 6) is 0. The standard InChI is InChI=1S/C21H23BN2O2/c1-5-21(4)20(2,3)25-22(26-21)16-11-9-15-10-12-18(24-19(15)14-16)17-8-6-7-13-23-17/h6-14H,5H2,1-4H3. The zero-order valence-electron chi connectivity index (χ0n) is 15.7. The first-order valence-corrected chi connectivity index (χ1v) is 9.10. The monoisotopic (exact) mass is 346 g/mol. The molecule has 0 saturated carbocycles. The first-order valence-electron chi connectivity index (χ1n) is 9.10. The fourth-order valence-corrected chi connectivity index (χ4v) is 3.38. The van der Waals surface area contributed by atoms with E-state index in [1.54, 1.807) is 6.20 Å². The van der Waals surface area contributed by atoms with E-state index >= 15 is 0 Å². The molecule has 0 radical (unpaired) electrons. The molecule has 1 fully saturated rings. The third kappa shape index (κ3) is 2.81. The number of hydrogen-bond acceptors (Lipinski definition) is 4. The second kappa shape index (κ2) is 6.18. The summed E-state index contributed by atoms with van der Waals surface area (Å²) in [4.78, 5) is 9.19. The van der Waals surface area contributed by atoms with Gasteiger partial charge in [0.15, 0.2) is 0 Å². The molecule has 5 heteroatoms. The highest BCUT2D eigenvalue weighted by atomic mass is 16.7. The molecule has 0 aliphatic carbocycles. The van der Waals surface area contributed by atoms with E-state index in [4.69, 9.17) is 14.3 Å². The molecule has 1 aliphatic rings. The summed E-state index contributed by atoms with van der Waals surface area (Å²) in [6.45, 7) is 8.43. The van der Waals surface area contributed by atoms with Gasteiger partial charge < -0.3 is 9.31 Å². The van der Waals surface area contributed by atoms with Crippen LogP contribution in [0.1, 0.15) is 34.1 Å². The largest absolute Gasteiger partial charge is 0.494 e. The van der Waals surface area contributed by atoms with Crippen LogP contribution in [0.5, 0.6) is 0 Å². The van der Waals surface area contributed by atoms with Crippen LogP contribution >= 0.6 is 0 Å². The van der Waals surface area contributed by atoms with Gasteiger partial charge in [0.1, 0.15) is 0 Å². The van der Waals surface area contributed by atoms with Crippen molar-refractivity contribution < 1.29 is 9.31 Å². The van der Waals surface area contributed by atoms with E-state index in [9.17, 15) is 0 Å². The van der Waals surface area contributed by atoms with E-state index in [1.807, 2.05) is 24.3 Å². The smallest absolute Gasteiger partial charge is 0.399 e. The number of aromatic nitrogens is 2. The topological polar surface area (TPSA) is 44.2 Å². The Hall–Kier alpha value is -2.24. The van der Waals surface area contributed by atoms with Crippen LogP contribution in [0.15, 0.2) is 54.7 Å². The van der Waals surface area contributed by atoms with Gasteiger partial charge in [0.05, 0.1) is 28.1 Å². The summed E-state index contributed by atoms with van der Waals surface area (Å²) in [7, 11) is -0.375.